The van der Waals surface area contributed by atoms with Crippen molar-refractivity contribution in [3.8, 4) is 0 Å². The summed E-state index contributed by atoms with van der Waals surface area (Å²) < 4.78 is 51.4. The summed E-state index contributed by atoms with van der Waals surface area (Å²) in [5, 5.41) is 0. The molecule has 1 fully saturated rings. The number of hydrogen-bond acceptors (Lipinski definition) is 4. The number of halogens is 4. The van der Waals surface area contributed by atoms with Gasteiger partial charge in [0.05, 0.1) is 0 Å². The molecule has 2 aromatic rings. The molecular formula is C17H18F4N4. The van der Waals surface area contributed by atoms with Gasteiger partial charge in [0.25, 0.3) is 0 Å². The lowest BCUT2D eigenvalue weighted by atomic mass is 10.2. The molecule has 1 aromatic carbocycles. The number of benzene rings is 1. The SMILES string of the molecule is Fc1ccc(CN2CCCN(c3nccc(C(F)(F)F)n3)CC2)cc1. The maximum atomic E-state index is 13.0. The van der Waals surface area contributed by atoms with Crippen molar-refractivity contribution in [3.05, 3.63) is 53.6 Å². The van der Waals surface area contributed by atoms with Crippen LogP contribution in [0.4, 0.5) is 23.5 Å². The third-order valence-corrected chi connectivity index (χ3v) is 4.12. The van der Waals surface area contributed by atoms with Crippen molar-refractivity contribution in [2.24, 2.45) is 0 Å². The number of aromatic nitrogens is 2. The molecule has 0 N–H and O–H groups in total. The molecule has 0 unspecified atom stereocenters. The number of alkyl halides is 3. The lowest BCUT2D eigenvalue weighted by molar-refractivity contribution is -0.141. The Kier molecular flexibility index (Phi) is 5.17. The zero-order valence-corrected chi connectivity index (χ0v) is 13.5. The van der Waals surface area contributed by atoms with Gasteiger partial charge in [-0.15, -0.1) is 0 Å². The largest absolute Gasteiger partial charge is 0.433 e. The van der Waals surface area contributed by atoms with Crippen LogP contribution in [0, 0.1) is 5.82 Å². The predicted molar refractivity (Wildman–Crippen MR) is 85.5 cm³/mol. The van der Waals surface area contributed by atoms with Crippen LogP contribution in [-0.2, 0) is 12.7 Å². The van der Waals surface area contributed by atoms with Gasteiger partial charge < -0.3 is 4.90 Å². The van der Waals surface area contributed by atoms with Crippen molar-refractivity contribution in [3.63, 3.8) is 0 Å². The molecule has 3 rings (SSSR count). The molecule has 1 saturated heterocycles. The highest BCUT2D eigenvalue weighted by Gasteiger charge is 2.33. The van der Waals surface area contributed by atoms with Crippen LogP contribution in [0.3, 0.4) is 0 Å². The first-order chi connectivity index (χ1) is 11.9. The molecule has 0 bridgehead atoms. The van der Waals surface area contributed by atoms with Gasteiger partial charge in [-0.1, -0.05) is 12.1 Å². The second-order valence-corrected chi connectivity index (χ2v) is 5.98. The fraction of sp³-hybridized carbons (Fsp3) is 0.412. The topological polar surface area (TPSA) is 32.3 Å². The van der Waals surface area contributed by atoms with Gasteiger partial charge in [0.15, 0.2) is 0 Å². The lowest BCUT2D eigenvalue weighted by Crippen LogP contribution is -2.31. The van der Waals surface area contributed by atoms with E-state index in [1.54, 1.807) is 17.0 Å². The highest BCUT2D eigenvalue weighted by Crippen LogP contribution is 2.28. The van der Waals surface area contributed by atoms with E-state index >= 15 is 0 Å². The fourth-order valence-electron chi connectivity index (χ4n) is 2.84. The van der Waals surface area contributed by atoms with Crippen molar-refractivity contribution in [2.45, 2.75) is 19.1 Å². The lowest BCUT2D eigenvalue weighted by Gasteiger charge is -2.22. The van der Waals surface area contributed by atoms with Crippen LogP contribution in [0.2, 0.25) is 0 Å². The van der Waals surface area contributed by atoms with Crippen molar-refractivity contribution >= 4 is 5.95 Å². The Morgan fingerprint density at radius 3 is 2.44 bits per heavy atom. The second kappa shape index (κ2) is 7.35. The summed E-state index contributed by atoms with van der Waals surface area (Å²) in [6.45, 7) is 3.31. The van der Waals surface area contributed by atoms with E-state index in [4.69, 9.17) is 0 Å². The highest BCUT2D eigenvalue weighted by atomic mass is 19.4. The Morgan fingerprint density at radius 1 is 0.960 bits per heavy atom. The first kappa shape index (κ1) is 17.6. The normalized spacial score (nSPS) is 16.7. The van der Waals surface area contributed by atoms with Crippen molar-refractivity contribution < 1.29 is 17.6 Å². The van der Waals surface area contributed by atoms with Crippen LogP contribution < -0.4 is 4.90 Å². The molecule has 25 heavy (non-hydrogen) atoms. The Hall–Kier alpha value is -2.22. The third kappa shape index (κ3) is 4.66. The van der Waals surface area contributed by atoms with Crippen molar-refractivity contribution in [1.29, 1.82) is 0 Å². The van der Waals surface area contributed by atoms with E-state index in [-0.39, 0.29) is 11.8 Å². The first-order valence-corrected chi connectivity index (χ1v) is 8.04. The van der Waals surface area contributed by atoms with Crippen LogP contribution in [-0.4, -0.2) is 41.0 Å². The molecule has 4 nitrogen and oxygen atoms in total. The molecule has 0 amide bonds. The Labute approximate surface area is 143 Å². The van der Waals surface area contributed by atoms with Gasteiger partial charge in [-0.25, -0.2) is 14.4 Å². The van der Waals surface area contributed by atoms with Crippen LogP contribution in [0.15, 0.2) is 36.5 Å². The minimum Gasteiger partial charge on any atom is -0.339 e. The Balaban J connectivity index is 1.64. The fourth-order valence-corrected chi connectivity index (χ4v) is 2.84. The molecule has 1 aliphatic rings. The Bertz CT molecular complexity index is 703. The summed E-state index contributed by atoms with van der Waals surface area (Å²) in [5.41, 5.74) is 0.0788. The first-order valence-electron chi connectivity index (χ1n) is 8.04. The number of anilines is 1. The monoisotopic (exact) mass is 354 g/mol. The molecule has 1 aromatic heterocycles. The molecule has 0 radical (unpaired) electrons. The molecule has 1 aliphatic heterocycles. The molecular weight excluding hydrogens is 336 g/mol. The quantitative estimate of drug-likeness (QED) is 0.792. The van der Waals surface area contributed by atoms with Crippen LogP contribution >= 0.6 is 0 Å². The zero-order chi connectivity index (χ0) is 17.9. The standard InChI is InChI=1S/C17H18F4N4/c18-14-4-2-13(3-5-14)12-24-8-1-9-25(11-10-24)16-22-7-6-15(23-16)17(19,20)21/h2-7H,1,8-12H2. The van der Waals surface area contributed by atoms with Crippen LogP contribution in [0.25, 0.3) is 0 Å². The van der Waals surface area contributed by atoms with E-state index in [0.29, 0.717) is 26.2 Å². The number of rotatable bonds is 3. The molecule has 8 heteroatoms. The molecule has 0 atom stereocenters. The number of nitrogens with zero attached hydrogens (tertiary/aromatic N) is 4. The van der Waals surface area contributed by atoms with Crippen LogP contribution in [0.1, 0.15) is 17.7 Å². The van der Waals surface area contributed by atoms with Crippen molar-refractivity contribution in [2.75, 3.05) is 31.1 Å². The molecule has 134 valence electrons. The van der Waals surface area contributed by atoms with Gasteiger partial charge in [0.1, 0.15) is 11.5 Å². The summed E-state index contributed by atoms with van der Waals surface area (Å²) in [6.07, 6.45) is -2.54. The number of hydrogen-bond donors (Lipinski definition) is 0. The van der Waals surface area contributed by atoms with E-state index in [9.17, 15) is 17.6 Å². The molecule has 0 aliphatic carbocycles. The maximum Gasteiger partial charge on any atom is 0.433 e. The van der Waals surface area contributed by atoms with E-state index < -0.39 is 11.9 Å². The van der Waals surface area contributed by atoms with Gasteiger partial charge in [0.2, 0.25) is 5.95 Å². The van der Waals surface area contributed by atoms with Gasteiger partial charge in [-0.3, -0.25) is 4.90 Å². The summed E-state index contributed by atoms with van der Waals surface area (Å²) in [5.74, 6) is -0.161. The minimum absolute atomic E-state index is 0.110. The van der Waals surface area contributed by atoms with Crippen LogP contribution in [0.5, 0.6) is 0 Å². The summed E-state index contributed by atoms with van der Waals surface area (Å²) in [4.78, 5) is 11.6. The Morgan fingerprint density at radius 2 is 1.72 bits per heavy atom. The summed E-state index contributed by atoms with van der Waals surface area (Å²) in [6, 6.07) is 7.22. The molecule has 0 spiro atoms. The smallest absolute Gasteiger partial charge is 0.339 e. The highest BCUT2D eigenvalue weighted by molar-refractivity contribution is 5.31. The van der Waals surface area contributed by atoms with Gasteiger partial charge in [-0.05, 0) is 30.2 Å². The zero-order valence-electron chi connectivity index (χ0n) is 13.5. The van der Waals surface area contributed by atoms with E-state index in [2.05, 4.69) is 14.9 Å². The van der Waals surface area contributed by atoms with E-state index in [0.717, 1.165) is 30.8 Å². The van der Waals surface area contributed by atoms with Gasteiger partial charge >= 0.3 is 6.18 Å². The third-order valence-electron chi connectivity index (χ3n) is 4.12. The molecule has 0 saturated carbocycles. The van der Waals surface area contributed by atoms with Gasteiger partial charge in [-0.2, -0.15) is 13.2 Å². The van der Waals surface area contributed by atoms with Gasteiger partial charge in [0, 0.05) is 38.9 Å². The predicted octanol–water partition coefficient (Wildman–Crippen LogP) is 3.35. The van der Waals surface area contributed by atoms with E-state index in [1.807, 2.05) is 0 Å². The average Bonchev–Trinajstić information content (AvgIpc) is 2.82. The summed E-state index contributed by atoms with van der Waals surface area (Å²) >= 11 is 0. The second-order valence-electron chi connectivity index (χ2n) is 5.98. The average molecular weight is 354 g/mol. The van der Waals surface area contributed by atoms with Crippen molar-refractivity contribution in [1.82, 2.24) is 14.9 Å². The minimum atomic E-state index is -4.47. The van der Waals surface area contributed by atoms with E-state index in [1.165, 1.54) is 12.1 Å². The summed E-state index contributed by atoms with van der Waals surface area (Å²) in [7, 11) is 0. The molecule has 2 heterocycles. The maximum absolute atomic E-state index is 13.0.